The van der Waals surface area contributed by atoms with Gasteiger partial charge in [-0.3, -0.25) is 4.79 Å². The summed E-state index contributed by atoms with van der Waals surface area (Å²) in [6.45, 7) is 2.31. The highest BCUT2D eigenvalue weighted by Gasteiger charge is 2.11. The van der Waals surface area contributed by atoms with Crippen molar-refractivity contribution in [3.8, 4) is 0 Å². The first-order chi connectivity index (χ1) is 9.92. The molecule has 0 saturated heterocycles. The van der Waals surface area contributed by atoms with Crippen molar-refractivity contribution in [2.45, 2.75) is 13.3 Å². The summed E-state index contributed by atoms with van der Waals surface area (Å²) in [6.07, 6.45) is 2.42. The predicted octanol–water partition coefficient (Wildman–Crippen LogP) is 2.53. The number of hydrogen-bond donors (Lipinski definition) is 2. The molecule has 0 radical (unpaired) electrons. The highest BCUT2D eigenvalue weighted by molar-refractivity contribution is 5.91. The maximum atomic E-state index is 13.8. The smallest absolute Gasteiger partial charge is 0.328 e. The van der Waals surface area contributed by atoms with Crippen molar-refractivity contribution in [3.05, 3.63) is 35.7 Å². The van der Waals surface area contributed by atoms with Crippen LogP contribution in [0.15, 0.2) is 24.3 Å². The van der Waals surface area contributed by atoms with Crippen LogP contribution in [0.4, 0.5) is 10.1 Å². The van der Waals surface area contributed by atoms with E-state index in [1.807, 2.05) is 6.92 Å². The fraction of sp³-hybridized carbons (Fsp3) is 0.333. The minimum absolute atomic E-state index is 0.0378. The molecule has 1 unspecified atom stereocenters. The number of ether oxygens (including phenoxy) is 1. The van der Waals surface area contributed by atoms with E-state index >= 15 is 0 Å². The first-order valence-corrected chi connectivity index (χ1v) is 6.41. The van der Waals surface area contributed by atoms with E-state index in [0.717, 1.165) is 12.1 Å². The van der Waals surface area contributed by atoms with E-state index in [-0.39, 0.29) is 23.9 Å². The molecule has 0 aliphatic heterocycles. The Morgan fingerprint density at radius 3 is 2.76 bits per heavy atom. The molecule has 2 N–H and O–H groups in total. The topological polar surface area (TPSA) is 75.6 Å². The summed E-state index contributed by atoms with van der Waals surface area (Å²) in [5, 5.41) is 11.0. The molecule has 0 aliphatic rings. The summed E-state index contributed by atoms with van der Waals surface area (Å²) >= 11 is 0. The van der Waals surface area contributed by atoms with Crippen LogP contribution in [0, 0.1) is 11.7 Å². The number of carboxylic acids is 1. The second-order valence-corrected chi connectivity index (χ2v) is 4.72. The maximum absolute atomic E-state index is 13.8. The molecule has 1 rings (SSSR count). The summed E-state index contributed by atoms with van der Waals surface area (Å²) < 4.78 is 18.7. The van der Waals surface area contributed by atoms with Crippen molar-refractivity contribution >= 4 is 23.6 Å². The molecule has 0 saturated carbocycles. The molecule has 0 spiro atoms. The van der Waals surface area contributed by atoms with Gasteiger partial charge in [-0.05, 0) is 29.7 Å². The molecular formula is C15H18FNO4. The first-order valence-electron chi connectivity index (χ1n) is 6.41. The quantitative estimate of drug-likeness (QED) is 0.758. The van der Waals surface area contributed by atoms with Gasteiger partial charge in [0.05, 0.1) is 5.69 Å². The summed E-state index contributed by atoms with van der Waals surface area (Å²) in [7, 11) is 1.55. The second-order valence-electron chi connectivity index (χ2n) is 4.72. The third-order valence-electron chi connectivity index (χ3n) is 2.67. The van der Waals surface area contributed by atoms with Gasteiger partial charge in [0, 0.05) is 26.2 Å². The van der Waals surface area contributed by atoms with Crippen LogP contribution in [0.5, 0.6) is 0 Å². The minimum Gasteiger partial charge on any atom is -0.478 e. The van der Waals surface area contributed by atoms with Gasteiger partial charge >= 0.3 is 5.97 Å². The van der Waals surface area contributed by atoms with Crippen molar-refractivity contribution in [2.24, 2.45) is 5.92 Å². The zero-order chi connectivity index (χ0) is 15.8. The van der Waals surface area contributed by atoms with Gasteiger partial charge in [-0.1, -0.05) is 13.0 Å². The Bertz CT molecular complexity index is 542. The molecule has 0 fully saturated rings. The Kier molecular flexibility index (Phi) is 6.55. The molecule has 0 aliphatic carbocycles. The number of methoxy groups -OCH3 is 1. The Labute approximate surface area is 122 Å². The zero-order valence-corrected chi connectivity index (χ0v) is 11.9. The number of hydrogen-bond acceptors (Lipinski definition) is 3. The monoisotopic (exact) mass is 295 g/mol. The minimum atomic E-state index is -1.11. The van der Waals surface area contributed by atoms with Crippen LogP contribution in [0.3, 0.4) is 0 Å². The van der Waals surface area contributed by atoms with E-state index in [0.29, 0.717) is 12.2 Å². The molecule has 6 heteroatoms. The van der Waals surface area contributed by atoms with Crippen LogP contribution in [0.1, 0.15) is 18.9 Å². The van der Waals surface area contributed by atoms with Gasteiger partial charge in [-0.25, -0.2) is 9.18 Å². The third kappa shape index (κ3) is 6.18. The van der Waals surface area contributed by atoms with Crippen LogP contribution in [0.2, 0.25) is 0 Å². The molecule has 1 atom stereocenters. The highest BCUT2D eigenvalue weighted by Crippen LogP contribution is 2.17. The summed E-state index contributed by atoms with van der Waals surface area (Å²) in [5.74, 6) is -1.99. The zero-order valence-electron chi connectivity index (χ0n) is 11.9. The molecule has 114 valence electrons. The Morgan fingerprint density at radius 1 is 1.48 bits per heavy atom. The van der Waals surface area contributed by atoms with E-state index in [2.05, 4.69) is 5.32 Å². The lowest BCUT2D eigenvalue weighted by Crippen LogP contribution is -2.18. The normalized spacial score (nSPS) is 12.3. The van der Waals surface area contributed by atoms with Crippen molar-refractivity contribution in [3.63, 3.8) is 0 Å². The summed E-state index contributed by atoms with van der Waals surface area (Å²) in [5.41, 5.74) is 0.470. The molecule has 1 aromatic carbocycles. The van der Waals surface area contributed by atoms with Crippen LogP contribution in [-0.2, 0) is 14.3 Å². The van der Waals surface area contributed by atoms with Crippen LogP contribution in [0.25, 0.3) is 6.08 Å². The number of carbonyl (C=O) groups excluding carboxylic acids is 1. The Balaban J connectivity index is 2.68. The van der Waals surface area contributed by atoms with Crippen LogP contribution < -0.4 is 5.32 Å². The number of carbonyl (C=O) groups is 2. The molecule has 1 amide bonds. The van der Waals surface area contributed by atoms with Gasteiger partial charge in [0.2, 0.25) is 5.91 Å². The van der Waals surface area contributed by atoms with Crippen molar-refractivity contribution in [1.29, 1.82) is 0 Å². The molecule has 1 aromatic rings. The summed E-state index contributed by atoms with van der Waals surface area (Å²) in [6, 6.07) is 4.08. The van der Waals surface area contributed by atoms with Crippen molar-refractivity contribution in [1.82, 2.24) is 0 Å². The lowest BCUT2D eigenvalue weighted by atomic mass is 10.1. The van der Waals surface area contributed by atoms with Gasteiger partial charge < -0.3 is 15.2 Å². The average Bonchev–Trinajstić information content (AvgIpc) is 2.39. The van der Waals surface area contributed by atoms with Gasteiger partial charge in [-0.2, -0.15) is 0 Å². The Morgan fingerprint density at radius 2 is 2.19 bits per heavy atom. The highest BCUT2D eigenvalue weighted by atomic mass is 19.1. The van der Waals surface area contributed by atoms with Crippen LogP contribution >= 0.6 is 0 Å². The Hall–Kier alpha value is -2.21. The first kappa shape index (κ1) is 16.8. The number of amides is 1. The average molecular weight is 295 g/mol. The number of halogens is 1. The van der Waals surface area contributed by atoms with E-state index in [1.165, 1.54) is 18.2 Å². The van der Waals surface area contributed by atoms with E-state index in [4.69, 9.17) is 9.84 Å². The predicted molar refractivity (Wildman–Crippen MR) is 77.4 cm³/mol. The third-order valence-corrected chi connectivity index (χ3v) is 2.67. The molecule has 0 heterocycles. The molecule has 0 bridgehead atoms. The lowest BCUT2D eigenvalue weighted by Gasteiger charge is -2.11. The molecular weight excluding hydrogens is 277 g/mol. The number of rotatable bonds is 7. The fourth-order valence-electron chi connectivity index (χ4n) is 1.77. The maximum Gasteiger partial charge on any atom is 0.328 e. The van der Waals surface area contributed by atoms with Crippen LogP contribution in [-0.4, -0.2) is 30.7 Å². The van der Waals surface area contributed by atoms with Gasteiger partial charge in [0.25, 0.3) is 0 Å². The second kappa shape index (κ2) is 8.16. The molecule has 0 aromatic heterocycles. The molecule has 21 heavy (non-hydrogen) atoms. The van der Waals surface area contributed by atoms with Gasteiger partial charge in [0.1, 0.15) is 5.82 Å². The number of benzene rings is 1. The number of nitrogens with one attached hydrogen (secondary N) is 1. The van der Waals surface area contributed by atoms with Crippen molar-refractivity contribution < 1.29 is 23.8 Å². The van der Waals surface area contributed by atoms with Gasteiger partial charge in [-0.15, -0.1) is 0 Å². The van der Waals surface area contributed by atoms with E-state index in [1.54, 1.807) is 7.11 Å². The standard InChI is InChI=1S/C15H18FNO4/c1-10(9-21-2)7-14(18)17-13-5-3-11(8-12(13)16)4-6-15(19)20/h3-6,8,10H,7,9H2,1-2H3,(H,17,18)(H,19,20)/b6-4+. The van der Waals surface area contributed by atoms with E-state index < -0.39 is 11.8 Å². The molecule has 5 nitrogen and oxygen atoms in total. The van der Waals surface area contributed by atoms with E-state index in [9.17, 15) is 14.0 Å². The lowest BCUT2D eigenvalue weighted by molar-refractivity contribution is -0.131. The number of aliphatic carboxylic acids is 1. The number of carboxylic acid groups (broad SMARTS) is 1. The van der Waals surface area contributed by atoms with Crippen molar-refractivity contribution in [2.75, 3.05) is 19.0 Å². The van der Waals surface area contributed by atoms with Gasteiger partial charge in [0.15, 0.2) is 0 Å². The largest absolute Gasteiger partial charge is 0.478 e. The fourth-order valence-corrected chi connectivity index (χ4v) is 1.77. The number of anilines is 1. The summed E-state index contributed by atoms with van der Waals surface area (Å²) in [4.78, 5) is 22.1. The SMILES string of the molecule is COCC(C)CC(=O)Nc1ccc(/C=C/C(=O)O)cc1F.